The normalized spacial score (nSPS) is 37.6. The molecule has 2 heterocycles. The van der Waals surface area contributed by atoms with Crippen molar-refractivity contribution in [3.05, 3.63) is 0 Å². The molecule has 5 fully saturated rings. The van der Waals surface area contributed by atoms with Gasteiger partial charge in [-0.25, -0.2) is 4.39 Å². The predicted molar refractivity (Wildman–Crippen MR) is 106 cm³/mol. The Morgan fingerprint density at radius 3 is 2.31 bits per heavy atom. The Labute approximate surface area is 172 Å². The molecule has 5 aliphatic rings. The van der Waals surface area contributed by atoms with Gasteiger partial charge in [0, 0.05) is 43.6 Å². The number of likely N-dealkylation sites (tertiary alicyclic amines) is 1. The van der Waals surface area contributed by atoms with Crippen LogP contribution in [0.4, 0.5) is 4.39 Å². The molecule has 2 amide bonds. The Bertz CT molecular complexity index is 675. The van der Waals surface area contributed by atoms with Crippen LogP contribution in [0, 0.1) is 16.7 Å². The highest BCUT2D eigenvalue weighted by Crippen LogP contribution is 2.53. The number of rotatable bonds is 4. The van der Waals surface area contributed by atoms with Crippen molar-refractivity contribution in [2.45, 2.75) is 62.7 Å². The fraction of sp³-hybridized carbons (Fsp3) is 0.857. The van der Waals surface area contributed by atoms with E-state index in [2.05, 4.69) is 22.2 Å². The van der Waals surface area contributed by atoms with Gasteiger partial charge in [-0.2, -0.15) is 5.26 Å². The number of piperazine rings is 1. The first-order chi connectivity index (χ1) is 13.9. The number of hydrogen-bond donors (Lipinski definition) is 1. The van der Waals surface area contributed by atoms with Crippen molar-refractivity contribution >= 4 is 11.8 Å². The fourth-order valence-corrected chi connectivity index (χ4v) is 5.66. The van der Waals surface area contributed by atoms with E-state index in [1.807, 2.05) is 6.07 Å². The molecule has 2 saturated heterocycles. The summed E-state index contributed by atoms with van der Waals surface area (Å²) >= 11 is 0. The molecule has 0 aromatic rings. The number of halogens is 1. The van der Waals surface area contributed by atoms with Crippen molar-refractivity contribution in [3.8, 4) is 6.07 Å². The molecule has 8 heteroatoms. The summed E-state index contributed by atoms with van der Waals surface area (Å²) in [4.78, 5) is 31.5. The lowest BCUT2D eigenvalue weighted by Gasteiger charge is -2.54. The number of nitriles is 1. The van der Waals surface area contributed by atoms with E-state index in [-0.39, 0.29) is 36.4 Å². The van der Waals surface area contributed by atoms with E-state index in [4.69, 9.17) is 5.26 Å². The van der Waals surface area contributed by atoms with Gasteiger partial charge >= 0.3 is 0 Å². The third-order valence-electron chi connectivity index (χ3n) is 7.82. The van der Waals surface area contributed by atoms with E-state index in [9.17, 15) is 14.0 Å². The number of amides is 2. The van der Waals surface area contributed by atoms with E-state index >= 15 is 0 Å². The van der Waals surface area contributed by atoms with Crippen LogP contribution >= 0.6 is 0 Å². The first-order valence-electron chi connectivity index (χ1n) is 10.9. The van der Waals surface area contributed by atoms with Crippen molar-refractivity contribution < 1.29 is 14.0 Å². The average molecular weight is 406 g/mol. The predicted octanol–water partition coefficient (Wildman–Crippen LogP) is 0.906. The summed E-state index contributed by atoms with van der Waals surface area (Å²) in [6, 6.07) is 1.39. The van der Waals surface area contributed by atoms with Crippen LogP contribution in [0.1, 0.15) is 44.9 Å². The van der Waals surface area contributed by atoms with Crippen LogP contribution in [0.5, 0.6) is 0 Å². The number of nitrogens with zero attached hydrogens (tertiary/aromatic N) is 4. The summed E-state index contributed by atoms with van der Waals surface area (Å²) in [7, 11) is 2.09. The quantitative estimate of drug-likeness (QED) is 0.752. The molecule has 2 unspecified atom stereocenters. The minimum absolute atomic E-state index is 0.0222. The topological polar surface area (TPSA) is 79.7 Å². The van der Waals surface area contributed by atoms with E-state index < -0.39 is 12.2 Å². The number of hydrogen-bond acceptors (Lipinski definition) is 5. The van der Waals surface area contributed by atoms with Crippen LogP contribution in [-0.2, 0) is 9.59 Å². The molecule has 2 atom stereocenters. The van der Waals surface area contributed by atoms with Crippen molar-refractivity contribution in [1.29, 1.82) is 5.26 Å². The Kier molecular flexibility index (Phi) is 5.56. The largest absolute Gasteiger partial charge is 0.340 e. The summed E-state index contributed by atoms with van der Waals surface area (Å²) in [6.07, 6.45) is 4.31. The van der Waals surface area contributed by atoms with Crippen molar-refractivity contribution in [3.63, 3.8) is 0 Å². The highest BCUT2D eigenvalue weighted by atomic mass is 19.1. The molecule has 0 aromatic carbocycles. The summed E-state index contributed by atoms with van der Waals surface area (Å²) in [5, 5.41) is 12.6. The number of alkyl halides is 1. The van der Waals surface area contributed by atoms with Crippen LogP contribution in [-0.4, -0.2) is 90.6 Å². The maximum Gasteiger partial charge on any atom is 0.237 e. The zero-order chi connectivity index (χ0) is 20.6. The Morgan fingerprint density at radius 1 is 1.10 bits per heavy atom. The highest BCUT2D eigenvalue weighted by molar-refractivity contribution is 5.83. The number of fused-ring (bicyclic) bond motifs is 3. The lowest BCUT2D eigenvalue weighted by molar-refractivity contribution is -0.151. The molecule has 2 aliphatic heterocycles. The van der Waals surface area contributed by atoms with Gasteiger partial charge in [0.05, 0.1) is 19.2 Å². The van der Waals surface area contributed by atoms with E-state index in [1.165, 1.54) is 4.90 Å². The third kappa shape index (κ3) is 3.87. The maximum atomic E-state index is 13.6. The molecular formula is C21H32FN5O2. The molecule has 0 aromatic heterocycles. The zero-order valence-electron chi connectivity index (χ0n) is 17.3. The zero-order valence-corrected chi connectivity index (χ0v) is 17.3. The van der Waals surface area contributed by atoms with Crippen LogP contribution in [0.2, 0.25) is 0 Å². The van der Waals surface area contributed by atoms with Gasteiger partial charge in [0.1, 0.15) is 12.2 Å². The maximum absolute atomic E-state index is 13.6. The van der Waals surface area contributed by atoms with Gasteiger partial charge < -0.3 is 20.0 Å². The van der Waals surface area contributed by atoms with Crippen LogP contribution < -0.4 is 5.32 Å². The molecule has 5 rings (SSSR count). The summed E-state index contributed by atoms with van der Waals surface area (Å²) in [5.41, 5.74) is -0.317. The molecule has 0 spiro atoms. The summed E-state index contributed by atoms with van der Waals surface area (Å²) in [5.74, 6) is 0.139. The minimum atomic E-state index is -1.10. The van der Waals surface area contributed by atoms with Crippen LogP contribution in [0.25, 0.3) is 0 Å². The molecule has 3 saturated carbocycles. The molecule has 3 aliphatic carbocycles. The molecule has 160 valence electrons. The van der Waals surface area contributed by atoms with E-state index in [0.717, 1.165) is 64.7 Å². The van der Waals surface area contributed by atoms with Gasteiger partial charge in [0.25, 0.3) is 0 Å². The lowest BCUT2D eigenvalue weighted by atomic mass is 9.56. The molecule has 0 radical (unpaired) electrons. The number of carbonyl (C=O) groups is 2. The number of carbonyl (C=O) groups excluding carboxylic acids is 2. The molecular weight excluding hydrogens is 373 g/mol. The van der Waals surface area contributed by atoms with E-state index in [1.54, 1.807) is 0 Å². The molecule has 7 nitrogen and oxygen atoms in total. The summed E-state index contributed by atoms with van der Waals surface area (Å²) < 4.78 is 13.6. The van der Waals surface area contributed by atoms with Crippen molar-refractivity contribution in [2.75, 3.05) is 46.3 Å². The monoisotopic (exact) mass is 405 g/mol. The Balaban J connectivity index is 1.31. The Morgan fingerprint density at radius 2 is 1.72 bits per heavy atom. The van der Waals surface area contributed by atoms with Gasteiger partial charge in [-0.3, -0.25) is 9.59 Å². The Hall–Kier alpha value is -1.72. The second-order valence-corrected chi connectivity index (χ2v) is 9.53. The van der Waals surface area contributed by atoms with Gasteiger partial charge in [0.15, 0.2) is 0 Å². The SMILES string of the molecule is CN1CCN(C(=O)C23CCC(NCC(=O)N4CC(F)CC4C#N)(CC2)CC3)CC1. The van der Waals surface area contributed by atoms with Gasteiger partial charge in [0.2, 0.25) is 11.8 Å². The average Bonchev–Trinajstić information content (AvgIpc) is 3.14. The first kappa shape index (κ1) is 20.5. The standard InChI is InChI=1S/C21H32FN5O2/c1-25-8-10-26(11-9-25)19(29)20-2-5-21(6-3-20,7-4-20)24-14-18(28)27-15-16(22)12-17(27)13-23/h16-17,24H,2-12,14-15H2,1H3. The molecule has 29 heavy (non-hydrogen) atoms. The molecule has 1 N–H and O–H groups in total. The first-order valence-corrected chi connectivity index (χ1v) is 10.9. The minimum Gasteiger partial charge on any atom is -0.340 e. The smallest absolute Gasteiger partial charge is 0.237 e. The van der Waals surface area contributed by atoms with Crippen molar-refractivity contribution in [2.24, 2.45) is 5.41 Å². The van der Waals surface area contributed by atoms with Gasteiger partial charge in [-0.05, 0) is 45.6 Å². The van der Waals surface area contributed by atoms with Crippen LogP contribution in [0.15, 0.2) is 0 Å². The summed E-state index contributed by atoms with van der Waals surface area (Å²) in [6.45, 7) is 3.68. The number of likely N-dealkylation sites (N-methyl/N-ethyl adjacent to an activating group) is 1. The molecule has 2 bridgehead atoms. The van der Waals surface area contributed by atoms with Gasteiger partial charge in [-0.15, -0.1) is 0 Å². The second kappa shape index (κ2) is 7.84. The number of nitrogens with one attached hydrogen (secondary N) is 1. The lowest BCUT2D eigenvalue weighted by Crippen LogP contribution is -2.61. The van der Waals surface area contributed by atoms with E-state index in [0.29, 0.717) is 5.91 Å². The van der Waals surface area contributed by atoms with Crippen molar-refractivity contribution in [1.82, 2.24) is 20.0 Å². The second-order valence-electron chi connectivity index (χ2n) is 9.53. The third-order valence-corrected chi connectivity index (χ3v) is 7.82. The van der Waals surface area contributed by atoms with Gasteiger partial charge in [-0.1, -0.05) is 0 Å². The fourth-order valence-electron chi connectivity index (χ4n) is 5.66. The highest BCUT2D eigenvalue weighted by Gasteiger charge is 2.53. The van der Waals surface area contributed by atoms with Crippen LogP contribution in [0.3, 0.4) is 0 Å².